The zero-order valence-corrected chi connectivity index (χ0v) is 13.0. The fraction of sp³-hybridized carbons (Fsp3) is 0.562. The minimum Gasteiger partial charge on any atom is -0.399 e. The molecule has 1 aromatic heterocycles. The first-order valence-electron chi connectivity index (χ1n) is 7.60. The lowest BCUT2D eigenvalue weighted by molar-refractivity contribution is 0.174. The molecule has 112 valence electrons. The summed E-state index contributed by atoms with van der Waals surface area (Å²) >= 11 is 0. The lowest BCUT2D eigenvalue weighted by Crippen LogP contribution is -2.26. The van der Waals surface area contributed by atoms with Gasteiger partial charge in [-0.1, -0.05) is 20.3 Å². The Hall–Kier alpha value is -1.91. The first kappa shape index (κ1) is 14.0. The lowest BCUT2D eigenvalue weighted by atomic mass is 9.75. The van der Waals surface area contributed by atoms with Crippen LogP contribution >= 0.6 is 0 Å². The smallest absolute Gasteiger partial charge is 0.182 e. The van der Waals surface area contributed by atoms with Gasteiger partial charge in [-0.3, -0.25) is 0 Å². The van der Waals surface area contributed by atoms with Gasteiger partial charge in [-0.2, -0.15) is 0 Å². The van der Waals surface area contributed by atoms with E-state index in [1.54, 1.807) is 0 Å². The number of aromatic nitrogens is 4. The van der Waals surface area contributed by atoms with Gasteiger partial charge in [0.1, 0.15) is 0 Å². The maximum absolute atomic E-state index is 5.96. The van der Waals surface area contributed by atoms with Crippen LogP contribution in [-0.2, 0) is 0 Å². The van der Waals surface area contributed by atoms with E-state index in [4.69, 9.17) is 5.73 Å². The number of nitrogens with two attached hydrogens (primary N) is 1. The first-order valence-corrected chi connectivity index (χ1v) is 7.60. The Labute approximate surface area is 125 Å². The van der Waals surface area contributed by atoms with Crippen molar-refractivity contribution in [2.45, 2.75) is 52.5 Å². The summed E-state index contributed by atoms with van der Waals surface area (Å²) in [6.07, 6.45) is 4.76. The van der Waals surface area contributed by atoms with Crippen molar-refractivity contribution < 1.29 is 0 Å². The van der Waals surface area contributed by atoms with Crippen molar-refractivity contribution in [3.05, 3.63) is 23.8 Å². The van der Waals surface area contributed by atoms with Crippen LogP contribution < -0.4 is 5.73 Å². The SMILES string of the molecule is Cc1cc(N)cc(-c2nnnn2C2CCCC(C)(C)C2)c1. The molecule has 2 aromatic rings. The number of aryl methyl sites for hydroxylation is 1. The third kappa shape index (κ3) is 2.91. The topological polar surface area (TPSA) is 69.6 Å². The molecule has 1 aromatic carbocycles. The molecule has 1 aliphatic carbocycles. The second-order valence-corrected chi connectivity index (χ2v) is 6.99. The predicted octanol–water partition coefficient (Wildman–Crippen LogP) is 3.37. The highest BCUT2D eigenvalue weighted by Crippen LogP contribution is 2.41. The monoisotopic (exact) mass is 285 g/mol. The van der Waals surface area contributed by atoms with Gasteiger partial charge in [0.15, 0.2) is 5.82 Å². The predicted molar refractivity (Wildman–Crippen MR) is 83.7 cm³/mol. The maximum Gasteiger partial charge on any atom is 0.182 e. The molecule has 1 saturated carbocycles. The maximum atomic E-state index is 5.96. The number of hydrogen-bond donors (Lipinski definition) is 1. The standard InChI is InChI=1S/C16H23N5/c1-11-7-12(9-13(17)8-11)15-18-19-20-21(15)14-5-4-6-16(2,3)10-14/h7-9,14H,4-6,10,17H2,1-3H3. The molecule has 1 aliphatic rings. The molecule has 0 radical (unpaired) electrons. The van der Waals surface area contributed by atoms with Crippen LogP contribution in [0.3, 0.4) is 0 Å². The van der Waals surface area contributed by atoms with E-state index in [2.05, 4.69) is 35.4 Å². The van der Waals surface area contributed by atoms with Gasteiger partial charge in [-0.05, 0) is 65.8 Å². The van der Waals surface area contributed by atoms with Gasteiger partial charge in [0.2, 0.25) is 0 Å². The summed E-state index contributed by atoms with van der Waals surface area (Å²) in [4.78, 5) is 0. The minimum atomic E-state index is 0.359. The van der Waals surface area contributed by atoms with Gasteiger partial charge < -0.3 is 5.73 Å². The fourth-order valence-corrected chi connectivity index (χ4v) is 3.44. The van der Waals surface area contributed by atoms with Crippen molar-refractivity contribution >= 4 is 5.69 Å². The molecule has 2 N–H and O–H groups in total. The average molecular weight is 285 g/mol. The van der Waals surface area contributed by atoms with Gasteiger partial charge in [-0.15, -0.1) is 5.10 Å². The molecule has 1 heterocycles. The van der Waals surface area contributed by atoms with E-state index in [9.17, 15) is 0 Å². The van der Waals surface area contributed by atoms with Crippen molar-refractivity contribution in [2.24, 2.45) is 5.41 Å². The van der Waals surface area contributed by atoms with Crippen molar-refractivity contribution in [3.63, 3.8) is 0 Å². The number of benzene rings is 1. The van der Waals surface area contributed by atoms with Crippen LogP contribution in [0.5, 0.6) is 0 Å². The van der Waals surface area contributed by atoms with Crippen molar-refractivity contribution in [1.29, 1.82) is 0 Å². The van der Waals surface area contributed by atoms with E-state index < -0.39 is 0 Å². The number of nitrogens with zero attached hydrogens (tertiary/aromatic N) is 4. The molecule has 1 unspecified atom stereocenters. The number of tetrazole rings is 1. The molecule has 0 aliphatic heterocycles. The number of hydrogen-bond acceptors (Lipinski definition) is 4. The summed E-state index contributed by atoms with van der Waals surface area (Å²) in [5, 5.41) is 12.4. The van der Waals surface area contributed by atoms with E-state index in [1.165, 1.54) is 12.8 Å². The molecule has 0 bridgehead atoms. The zero-order valence-electron chi connectivity index (χ0n) is 13.0. The van der Waals surface area contributed by atoms with Gasteiger partial charge >= 0.3 is 0 Å². The molecule has 0 saturated heterocycles. The van der Waals surface area contributed by atoms with Crippen LogP contribution in [0, 0.1) is 12.3 Å². The number of anilines is 1. The van der Waals surface area contributed by atoms with Gasteiger partial charge in [0.25, 0.3) is 0 Å². The summed E-state index contributed by atoms with van der Waals surface area (Å²) in [5.41, 5.74) is 9.20. The van der Waals surface area contributed by atoms with E-state index >= 15 is 0 Å². The molecule has 5 nitrogen and oxygen atoms in total. The largest absolute Gasteiger partial charge is 0.399 e. The average Bonchev–Trinajstić information content (AvgIpc) is 2.85. The summed E-state index contributed by atoms with van der Waals surface area (Å²) in [6.45, 7) is 6.69. The van der Waals surface area contributed by atoms with E-state index in [1.807, 2.05) is 23.7 Å². The number of rotatable bonds is 2. The molecule has 21 heavy (non-hydrogen) atoms. The third-order valence-electron chi connectivity index (χ3n) is 4.38. The summed E-state index contributed by atoms with van der Waals surface area (Å²) < 4.78 is 2.00. The Morgan fingerprint density at radius 1 is 1.29 bits per heavy atom. The summed E-state index contributed by atoms with van der Waals surface area (Å²) in [6, 6.07) is 6.37. The molecule has 1 fully saturated rings. The highest BCUT2D eigenvalue weighted by atomic mass is 15.5. The van der Waals surface area contributed by atoms with Gasteiger partial charge in [0.05, 0.1) is 6.04 Å². The first-order chi connectivity index (χ1) is 9.94. The van der Waals surface area contributed by atoms with E-state index in [-0.39, 0.29) is 0 Å². The van der Waals surface area contributed by atoms with Crippen LogP contribution in [0.1, 0.15) is 51.1 Å². The van der Waals surface area contributed by atoms with Crippen molar-refractivity contribution in [3.8, 4) is 11.4 Å². The second kappa shape index (κ2) is 5.13. The van der Waals surface area contributed by atoms with Crippen LogP contribution in [0.15, 0.2) is 18.2 Å². The lowest BCUT2D eigenvalue weighted by Gasteiger charge is -2.35. The summed E-state index contributed by atoms with van der Waals surface area (Å²) in [7, 11) is 0. The van der Waals surface area contributed by atoms with E-state index in [0.29, 0.717) is 11.5 Å². The molecule has 3 rings (SSSR count). The molecular formula is C16H23N5. The number of nitrogen functional groups attached to an aromatic ring is 1. The highest BCUT2D eigenvalue weighted by Gasteiger charge is 2.31. The molecule has 0 spiro atoms. The molecular weight excluding hydrogens is 262 g/mol. The van der Waals surface area contributed by atoms with Crippen LogP contribution in [0.25, 0.3) is 11.4 Å². The molecule has 0 amide bonds. The highest BCUT2D eigenvalue weighted by molar-refractivity contribution is 5.62. The Balaban J connectivity index is 1.97. The molecule has 5 heteroatoms. The Bertz CT molecular complexity index is 624. The Kier molecular flexibility index (Phi) is 3.43. The third-order valence-corrected chi connectivity index (χ3v) is 4.38. The summed E-state index contributed by atoms with van der Waals surface area (Å²) in [5.74, 6) is 0.827. The van der Waals surface area contributed by atoms with Crippen molar-refractivity contribution in [2.75, 3.05) is 5.73 Å². The quantitative estimate of drug-likeness (QED) is 0.859. The normalized spacial score (nSPS) is 21.4. The van der Waals surface area contributed by atoms with Gasteiger partial charge in [-0.25, -0.2) is 4.68 Å². The van der Waals surface area contributed by atoms with E-state index in [0.717, 1.165) is 35.5 Å². The van der Waals surface area contributed by atoms with Crippen molar-refractivity contribution in [1.82, 2.24) is 20.2 Å². The van der Waals surface area contributed by atoms with Crippen LogP contribution in [0.4, 0.5) is 5.69 Å². The fourth-order valence-electron chi connectivity index (χ4n) is 3.44. The van der Waals surface area contributed by atoms with Gasteiger partial charge in [0, 0.05) is 11.3 Å². The minimum absolute atomic E-state index is 0.359. The van der Waals surface area contributed by atoms with Crippen LogP contribution in [0.2, 0.25) is 0 Å². The Morgan fingerprint density at radius 2 is 2.10 bits per heavy atom. The molecule has 1 atom stereocenters. The Morgan fingerprint density at radius 3 is 2.81 bits per heavy atom. The second-order valence-electron chi connectivity index (χ2n) is 6.99. The van der Waals surface area contributed by atoms with Crippen LogP contribution in [-0.4, -0.2) is 20.2 Å². The zero-order chi connectivity index (χ0) is 15.0.